The van der Waals surface area contributed by atoms with Crippen LogP contribution in [0.3, 0.4) is 0 Å². The van der Waals surface area contributed by atoms with Crippen molar-refractivity contribution in [2.24, 2.45) is 0 Å². The normalized spacial score (nSPS) is 13.5. The van der Waals surface area contributed by atoms with Crippen molar-refractivity contribution >= 4 is 35.1 Å². The first-order chi connectivity index (χ1) is 11.0. The molecule has 2 rings (SSSR count). The molecule has 1 amide bonds. The fourth-order valence-corrected chi connectivity index (χ4v) is 2.15. The fourth-order valence-electron chi connectivity index (χ4n) is 1.77. The lowest BCUT2D eigenvalue weighted by molar-refractivity contribution is -0.132. The minimum absolute atomic E-state index is 0.250. The van der Waals surface area contributed by atoms with Gasteiger partial charge < -0.3 is 10.4 Å². The van der Waals surface area contributed by atoms with Crippen LogP contribution in [0.4, 0.5) is 0 Å². The summed E-state index contributed by atoms with van der Waals surface area (Å²) in [6.07, 6.45) is 1.70. The number of hydrazine groups is 1. The molecule has 8 heteroatoms. The van der Waals surface area contributed by atoms with Crippen LogP contribution in [0.25, 0.3) is 0 Å². The van der Waals surface area contributed by atoms with Gasteiger partial charge in [0.2, 0.25) is 6.41 Å². The maximum atomic E-state index is 10.4. The second kappa shape index (κ2) is 12.7. The standard InChI is InChI=1S/C8H7BrO.C6H13N3O.CH2O2/c1-6-2-3-8(9)4-7(6)5-10;1-8(6-10)9-4-2-7-3-5-9;2-1-3/h2-5H,1H3;6-7H,2-5H2,1H3;1H,(H,2,3). The lowest BCUT2D eigenvalue weighted by Crippen LogP contribution is -2.50. The number of rotatable bonds is 3. The van der Waals surface area contributed by atoms with Crippen LogP contribution in [0.2, 0.25) is 0 Å². The molecule has 1 heterocycles. The van der Waals surface area contributed by atoms with E-state index in [1.165, 1.54) is 0 Å². The molecule has 0 saturated carbocycles. The predicted molar refractivity (Wildman–Crippen MR) is 91.2 cm³/mol. The molecule has 7 nitrogen and oxygen atoms in total. The fraction of sp³-hybridized carbons (Fsp3) is 0.400. The van der Waals surface area contributed by atoms with Crippen molar-refractivity contribution in [3.8, 4) is 0 Å². The Labute approximate surface area is 144 Å². The lowest BCUT2D eigenvalue weighted by Gasteiger charge is -2.32. The number of carbonyl (C=O) groups excluding carboxylic acids is 2. The summed E-state index contributed by atoms with van der Waals surface area (Å²) in [7, 11) is 1.78. The minimum atomic E-state index is -0.250. The first-order valence-electron chi connectivity index (χ1n) is 6.93. The average molecular weight is 388 g/mol. The molecule has 23 heavy (non-hydrogen) atoms. The number of benzene rings is 1. The number of amides is 1. The van der Waals surface area contributed by atoms with E-state index < -0.39 is 0 Å². The van der Waals surface area contributed by atoms with E-state index in [9.17, 15) is 9.59 Å². The zero-order chi connectivity index (χ0) is 17.7. The second-order valence-electron chi connectivity index (χ2n) is 4.61. The Morgan fingerprint density at radius 3 is 2.26 bits per heavy atom. The van der Waals surface area contributed by atoms with Gasteiger partial charge in [-0.25, -0.2) is 5.01 Å². The summed E-state index contributed by atoms with van der Waals surface area (Å²) < 4.78 is 0.945. The van der Waals surface area contributed by atoms with Gasteiger partial charge in [-0.2, -0.15) is 0 Å². The SMILES string of the molecule is CN(C=O)N1CCNCC1.Cc1ccc(Br)cc1C=O.O=CO. The van der Waals surface area contributed by atoms with Crippen LogP contribution in [0.1, 0.15) is 15.9 Å². The summed E-state index contributed by atoms with van der Waals surface area (Å²) in [6, 6.07) is 5.64. The first kappa shape index (κ1) is 21.2. The number of carbonyl (C=O) groups is 3. The van der Waals surface area contributed by atoms with E-state index in [1.54, 1.807) is 12.1 Å². The van der Waals surface area contributed by atoms with E-state index in [0.29, 0.717) is 0 Å². The van der Waals surface area contributed by atoms with Gasteiger partial charge in [-0.1, -0.05) is 22.0 Å². The molecule has 0 spiro atoms. The second-order valence-corrected chi connectivity index (χ2v) is 5.52. The monoisotopic (exact) mass is 387 g/mol. The van der Waals surface area contributed by atoms with Crippen LogP contribution in [0.15, 0.2) is 22.7 Å². The Kier molecular flexibility index (Phi) is 11.8. The molecule has 1 aromatic carbocycles. The molecule has 1 fully saturated rings. The predicted octanol–water partition coefficient (Wildman–Crippen LogP) is 1.17. The van der Waals surface area contributed by atoms with Crippen LogP contribution in [0.5, 0.6) is 0 Å². The van der Waals surface area contributed by atoms with Gasteiger partial charge in [0.15, 0.2) is 0 Å². The number of hydrogen-bond acceptors (Lipinski definition) is 5. The third-order valence-electron chi connectivity index (χ3n) is 3.06. The van der Waals surface area contributed by atoms with E-state index in [2.05, 4.69) is 21.2 Å². The van der Waals surface area contributed by atoms with Crippen molar-refractivity contribution in [2.75, 3.05) is 33.2 Å². The topological polar surface area (TPSA) is 90.0 Å². The molecule has 128 valence electrons. The van der Waals surface area contributed by atoms with Crippen LogP contribution in [-0.4, -0.2) is 67.5 Å². The van der Waals surface area contributed by atoms with E-state index in [-0.39, 0.29) is 6.47 Å². The number of nitrogens with one attached hydrogen (secondary N) is 1. The van der Waals surface area contributed by atoms with Gasteiger partial charge in [0.1, 0.15) is 6.29 Å². The van der Waals surface area contributed by atoms with Crippen LogP contribution < -0.4 is 5.32 Å². The molecule has 0 radical (unpaired) electrons. The minimum Gasteiger partial charge on any atom is -0.483 e. The zero-order valence-electron chi connectivity index (χ0n) is 13.2. The molecule has 0 aromatic heterocycles. The molecule has 0 bridgehead atoms. The van der Waals surface area contributed by atoms with Gasteiger partial charge in [0.05, 0.1) is 0 Å². The largest absolute Gasteiger partial charge is 0.483 e. The van der Waals surface area contributed by atoms with Gasteiger partial charge in [-0.05, 0) is 24.6 Å². The zero-order valence-corrected chi connectivity index (χ0v) is 14.8. The molecule has 1 aliphatic heterocycles. The average Bonchev–Trinajstić information content (AvgIpc) is 2.58. The lowest BCUT2D eigenvalue weighted by atomic mass is 10.1. The number of piperazine rings is 1. The third kappa shape index (κ3) is 9.07. The summed E-state index contributed by atoms with van der Waals surface area (Å²) >= 11 is 3.28. The number of nitrogens with zero attached hydrogens (tertiary/aromatic N) is 2. The summed E-state index contributed by atoms with van der Waals surface area (Å²) in [5.41, 5.74) is 1.76. The summed E-state index contributed by atoms with van der Waals surface area (Å²) in [4.78, 5) is 29.0. The highest BCUT2D eigenvalue weighted by Crippen LogP contribution is 2.13. The molecule has 1 aromatic rings. The van der Waals surface area contributed by atoms with E-state index in [1.807, 2.05) is 30.1 Å². The van der Waals surface area contributed by atoms with Gasteiger partial charge in [0, 0.05) is 43.3 Å². The molecule has 1 aliphatic rings. The highest BCUT2D eigenvalue weighted by molar-refractivity contribution is 9.10. The van der Waals surface area contributed by atoms with Crippen molar-refractivity contribution in [1.29, 1.82) is 0 Å². The van der Waals surface area contributed by atoms with Crippen LogP contribution >= 0.6 is 15.9 Å². The van der Waals surface area contributed by atoms with Crippen molar-refractivity contribution < 1.29 is 19.5 Å². The van der Waals surface area contributed by atoms with E-state index in [4.69, 9.17) is 9.90 Å². The van der Waals surface area contributed by atoms with Crippen molar-refractivity contribution in [3.05, 3.63) is 33.8 Å². The van der Waals surface area contributed by atoms with E-state index in [0.717, 1.165) is 54.5 Å². The van der Waals surface area contributed by atoms with E-state index >= 15 is 0 Å². The highest BCUT2D eigenvalue weighted by atomic mass is 79.9. The number of carboxylic acid groups (broad SMARTS) is 1. The van der Waals surface area contributed by atoms with Crippen molar-refractivity contribution in [1.82, 2.24) is 15.3 Å². The van der Waals surface area contributed by atoms with Crippen molar-refractivity contribution in [3.63, 3.8) is 0 Å². The van der Waals surface area contributed by atoms with Crippen LogP contribution in [-0.2, 0) is 9.59 Å². The Bertz CT molecular complexity index is 494. The summed E-state index contributed by atoms with van der Waals surface area (Å²) in [6.45, 7) is 5.46. The molecule has 0 aliphatic carbocycles. The Hall–Kier alpha value is -1.77. The highest BCUT2D eigenvalue weighted by Gasteiger charge is 2.11. The summed E-state index contributed by atoms with van der Waals surface area (Å²) in [5, 5.41) is 13.7. The first-order valence-corrected chi connectivity index (χ1v) is 7.72. The number of aryl methyl sites for hydroxylation is 1. The number of hydrogen-bond donors (Lipinski definition) is 2. The summed E-state index contributed by atoms with van der Waals surface area (Å²) in [5.74, 6) is 0. The Balaban J connectivity index is 0.000000360. The molecule has 0 atom stereocenters. The molecular weight excluding hydrogens is 366 g/mol. The Morgan fingerprint density at radius 2 is 1.83 bits per heavy atom. The number of halogens is 1. The van der Waals surface area contributed by atoms with Gasteiger partial charge in [0.25, 0.3) is 6.47 Å². The smallest absolute Gasteiger partial charge is 0.290 e. The molecule has 2 N–H and O–H groups in total. The Morgan fingerprint density at radius 1 is 1.26 bits per heavy atom. The third-order valence-corrected chi connectivity index (χ3v) is 3.55. The number of aldehydes is 1. The molecule has 1 saturated heterocycles. The van der Waals surface area contributed by atoms with Gasteiger partial charge in [-0.15, -0.1) is 0 Å². The molecular formula is C15H22BrN3O4. The van der Waals surface area contributed by atoms with Crippen LogP contribution in [0, 0.1) is 6.92 Å². The maximum absolute atomic E-state index is 10.4. The molecule has 0 unspecified atom stereocenters. The quantitative estimate of drug-likeness (QED) is 0.756. The maximum Gasteiger partial charge on any atom is 0.290 e. The van der Waals surface area contributed by atoms with Gasteiger partial charge >= 0.3 is 0 Å². The van der Waals surface area contributed by atoms with Crippen molar-refractivity contribution in [2.45, 2.75) is 6.92 Å². The van der Waals surface area contributed by atoms with Gasteiger partial charge in [-0.3, -0.25) is 19.4 Å².